The van der Waals surface area contributed by atoms with Crippen molar-refractivity contribution in [2.45, 2.75) is 33.1 Å². The molecule has 0 radical (unpaired) electrons. The van der Waals surface area contributed by atoms with Gasteiger partial charge in [-0.3, -0.25) is 0 Å². The third kappa shape index (κ3) is 2.85. The molecule has 2 heterocycles. The first kappa shape index (κ1) is 11.6. The molecule has 1 fully saturated rings. The summed E-state index contributed by atoms with van der Waals surface area (Å²) in [5.41, 5.74) is 1.55. The number of halogens is 1. The van der Waals surface area contributed by atoms with Gasteiger partial charge in [0.25, 0.3) is 0 Å². The SMILES string of the molecule is CC1(C)CCCN(c2cnnc(Cl)c2)CC1. The Labute approximate surface area is 102 Å². The van der Waals surface area contributed by atoms with E-state index in [0.717, 1.165) is 18.8 Å². The maximum atomic E-state index is 5.86. The van der Waals surface area contributed by atoms with E-state index in [1.807, 2.05) is 6.07 Å². The van der Waals surface area contributed by atoms with Crippen LogP contribution in [0.3, 0.4) is 0 Å². The second-order valence-corrected chi connectivity index (χ2v) is 5.63. The third-order valence-corrected chi connectivity index (χ3v) is 3.50. The van der Waals surface area contributed by atoms with E-state index in [1.165, 1.54) is 19.3 Å². The van der Waals surface area contributed by atoms with Crippen LogP contribution in [-0.2, 0) is 0 Å². The van der Waals surface area contributed by atoms with Gasteiger partial charge in [0.1, 0.15) is 0 Å². The molecule has 0 spiro atoms. The van der Waals surface area contributed by atoms with Crippen LogP contribution in [0, 0.1) is 5.41 Å². The Morgan fingerprint density at radius 3 is 2.88 bits per heavy atom. The van der Waals surface area contributed by atoms with Gasteiger partial charge in [-0.2, -0.15) is 5.10 Å². The van der Waals surface area contributed by atoms with Crippen molar-refractivity contribution in [1.82, 2.24) is 10.2 Å². The van der Waals surface area contributed by atoms with Crippen LogP contribution < -0.4 is 4.90 Å². The molecule has 1 saturated heterocycles. The van der Waals surface area contributed by atoms with Gasteiger partial charge in [-0.15, -0.1) is 5.10 Å². The average Bonchev–Trinajstić information content (AvgIpc) is 2.39. The maximum absolute atomic E-state index is 5.86. The largest absolute Gasteiger partial charge is 0.370 e. The Hall–Kier alpha value is -0.830. The second kappa shape index (κ2) is 4.58. The van der Waals surface area contributed by atoms with Crippen molar-refractivity contribution in [3.8, 4) is 0 Å². The topological polar surface area (TPSA) is 29.0 Å². The second-order valence-electron chi connectivity index (χ2n) is 5.24. The zero-order valence-electron chi connectivity index (χ0n) is 9.91. The van der Waals surface area contributed by atoms with E-state index in [2.05, 4.69) is 28.9 Å². The van der Waals surface area contributed by atoms with Gasteiger partial charge >= 0.3 is 0 Å². The molecular weight excluding hydrogens is 222 g/mol. The first-order valence-corrected chi connectivity index (χ1v) is 6.18. The lowest BCUT2D eigenvalue weighted by Crippen LogP contribution is -2.25. The summed E-state index contributed by atoms with van der Waals surface area (Å²) in [4.78, 5) is 2.36. The molecule has 0 amide bonds. The Morgan fingerprint density at radius 1 is 1.31 bits per heavy atom. The molecule has 0 atom stereocenters. The molecule has 1 aliphatic rings. The van der Waals surface area contributed by atoms with Crippen molar-refractivity contribution in [2.75, 3.05) is 18.0 Å². The van der Waals surface area contributed by atoms with Crippen molar-refractivity contribution >= 4 is 17.3 Å². The monoisotopic (exact) mass is 239 g/mol. The highest BCUT2D eigenvalue weighted by Crippen LogP contribution is 2.31. The van der Waals surface area contributed by atoms with E-state index in [-0.39, 0.29) is 0 Å². The molecule has 0 aliphatic carbocycles. The smallest absolute Gasteiger partial charge is 0.153 e. The summed E-state index contributed by atoms with van der Waals surface area (Å²) in [6.45, 7) is 6.85. The lowest BCUT2D eigenvalue weighted by molar-refractivity contribution is 0.325. The van der Waals surface area contributed by atoms with Crippen LogP contribution in [0.15, 0.2) is 12.3 Å². The zero-order valence-corrected chi connectivity index (χ0v) is 10.7. The molecule has 0 saturated carbocycles. The van der Waals surface area contributed by atoms with Gasteiger partial charge in [-0.05, 0) is 24.7 Å². The molecule has 0 unspecified atom stereocenters. The zero-order chi connectivity index (χ0) is 11.6. The summed E-state index contributed by atoms with van der Waals surface area (Å²) in [6.07, 6.45) is 5.53. The van der Waals surface area contributed by atoms with Crippen LogP contribution >= 0.6 is 11.6 Å². The highest BCUT2D eigenvalue weighted by molar-refractivity contribution is 6.29. The standard InChI is InChI=1S/C12H18ClN3/c1-12(2)4-3-6-16(7-5-12)10-8-11(13)15-14-9-10/h8-9H,3-7H2,1-2H3. The summed E-state index contributed by atoms with van der Waals surface area (Å²) in [5.74, 6) is 0. The minimum atomic E-state index is 0.457. The van der Waals surface area contributed by atoms with Crippen molar-refractivity contribution in [3.05, 3.63) is 17.4 Å². The van der Waals surface area contributed by atoms with Gasteiger partial charge in [-0.1, -0.05) is 25.4 Å². The summed E-state index contributed by atoms with van der Waals surface area (Å²) < 4.78 is 0. The first-order valence-electron chi connectivity index (χ1n) is 5.80. The predicted octanol–water partition coefficient (Wildman–Crippen LogP) is 3.15. The minimum Gasteiger partial charge on any atom is -0.370 e. The summed E-state index contributed by atoms with van der Waals surface area (Å²) >= 11 is 5.86. The lowest BCUT2D eigenvalue weighted by Gasteiger charge is -2.24. The van der Waals surface area contributed by atoms with Crippen molar-refractivity contribution < 1.29 is 0 Å². The van der Waals surface area contributed by atoms with Crippen LogP contribution in [0.5, 0.6) is 0 Å². The summed E-state index contributed by atoms with van der Waals surface area (Å²) in [6, 6.07) is 1.90. The third-order valence-electron chi connectivity index (χ3n) is 3.32. The molecule has 16 heavy (non-hydrogen) atoms. The Morgan fingerprint density at radius 2 is 2.12 bits per heavy atom. The Balaban J connectivity index is 2.11. The molecule has 1 aromatic rings. The normalized spacial score (nSPS) is 20.6. The number of hydrogen-bond donors (Lipinski definition) is 0. The van der Waals surface area contributed by atoms with Crippen molar-refractivity contribution in [1.29, 1.82) is 0 Å². The van der Waals surface area contributed by atoms with Gasteiger partial charge in [0.15, 0.2) is 5.15 Å². The van der Waals surface area contributed by atoms with Gasteiger partial charge in [0.05, 0.1) is 11.9 Å². The molecule has 4 heteroatoms. The molecule has 88 valence electrons. The molecule has 1 aromatic heterocycles. The van der Waals surface area contributed by atoms with E-state index in [1.54, 1.807) is 6.20 Å². The molecule has 0 aromatic carbocycles. The first-order chi connectivity index (χ1) is 7.57. The lowest BCUT2D eigenvalue weighted by atomic mass is 9.85. The van der Waals surface area contributed by atoms with Crippen molar-refractivity contribution in [3.63, 3.8) is 0 Å². The highest BCUT2D eigenvalue weighted by Gasteiger charge is 2.23. The Bertz CT molecular complexity index is 365. The van der Waals surface area contributed by atoms with E-state index < -0.39 is 0 Å². The van der Waals surface area contributed by atoms with E-state index >= 15 is 0 Å². The van der Waals surface area contributed by atoms with Gasteiger partial charge < -0.3 is 4.90 Å². The summed E-state index contributed by atoms with van der Waals surface area (Å²) in [7, 11) is 0. The molecule has 0 N–H and O–H groups in total. The van der Waals surface area contributed by atoms with Crippen LogP contribution in [0.4, 0.5) is 5.69 Å². The molecule has 2 rings (SSSR count). The van der Waals surface area contributed by atoms with Crippen LogP contribution in [0.1, 0.15) is 33.1 Å². The maximum Gasteiger partial charge on any atom is 0.153 e. The van der Waals surface area contributed by atoms with Gasteiger partial charge in [-0.25, -0.2) is 0 Å². The molecule has 1 aliphatic heterocycles. The predicted molar refractivity (Wildman–Crippen MR) is 66.9 cm³/mol. The number of aromatic nitrogens is 2. The van der Waals surface area contributed by atoms with Gasteiger partial charge in [0, 0.05) is 19.2 Å². The quantitative estimate of drug-likeness (QED) is 0.754. The van der Waals surface area contributed by atoms with E-state index in [4.69, 9.17) is 11.6 Å². The molecule has 3 nitrogen and oxygen atoms in total. The Kier molecular flexibility index (Phi) is 3.33. The van der Waals surface area contributed by atoms with Crippen LogP contribution in [0.25, 0.3) is 0 Å². The fourth-order valence-corrected chi connectivity index (χ4v) is 2.34. The molecule has 0 bridgehead atoms. The fourth-order valence-electron chi connectivity index (χ4n) is 2.19. The fraction of sp³-hybridized carbons (Fsp3) is 0.667. The number of nitrogens with zero attached hydrogens (tertiary/aromatic N) is 3. The number of hydrogen-bond acceptors (Lipinski definition) is 3. The van der Waals surface area contributed by atoms with Crippen LogP contribution in [-0.4, -0.2) is 23.3 Å². The van der Waals surface area contributed by atoms with E-state index in [0.29, 0.717) is 10.6 Å². The van der Waals surface area contributed by atoms with Crippen molar-refractivity contribution in [2.24, 2.45) is 5.41 Å². The van der Waals surface area contributed by atoms with Crippen LogP contribution in [0.2, 0.25) is 5.15 Å². The summed E-state index contributed by atoms with van der Waals surface area (Å²) in [5, 5.41) is 8.15. The average molecular weight is 240 g/mol. The van der Waals surface area contributed by atoms with Gasteiger partial charge in [0.2, 0.25) is 0 Å². The highest BCUT2D eigenvalue weighted by atomic mass is 35.5. The number of anilines is 1. The molecular formula is C12H18ClN3. The minimum absolute atomic E-state index is 0.457. The van der Waals surface area contributed by atoms with E-state index in [9.17, 15) is 0 Å². The number of rotatable bonds is 1.